The molecule has 1 aliphatic heterocycles. The lowest BCUT2D eigenvalue weighted by molar-refractivity contribution is 0.0964. The van der Waals surface area contributed by atoms with Crippen LogP contribution in [0.3, 0.4) is 0 Å². The summed E-state index contributed by atoms with van der Waals surface area (Å²) >= 11 is 0. The minimum atomic E-state index is -0.348. The van der Waals surface area contributed by atoms with E-state index in [9.17, 15) is 9.18 Å². The van der Waals surface area contributed by atoms with Crippen molar-refractivity contribution in [3.63, 3.8) is 0 Å². The summed E-state index contributed by atoms with van der Waals surface area (Å²) in [6.07, 6.45) is 0. The Balaban J connectivity index is 1.92. The van der Waals surface area contributed by atoms with Crippen molar-refractivity contribution in [3.05, 3.63) is 47.8 Å². The molecule has 0 saturated carbocycles. The van der Waals surface area contributed by atoms with Gasteiger partial charge in [0.15, 0.2) is 0 Å². The minimum Gasteiger partial charge on any atom is -0.492 e. The quantitative estimate of drug-likeness (QED) is 0.708. The van der Waals surface area contributed by atoms with Crippen molar-refractivity contribution >= 4 is 22.6 Å². The number of carbonyl (C=O) groups excluding carboxylic acids is 1. The molecule has 1 fully saturated rings. The second-order valence-electron chi connectivity index (χ2n) is 6.74. The van der Waals surface area contributed by atoms with E-state index in [4.69, 9.17) is 13.9 Å². The smallest absolute Gasteiger partial charge is 0.255 e. The number of amides is 1. The first-order valence-electron chi connectivity index (χ1n) is 9.66. The van der Waals surface area contributed by atoms with Gasteiger partial charge in [0.05, 0.1) is 31.1 Å². The van der Waals surface area contributed by atoms with E-state index in [1.807, 2.05) is 19.1 Å². The Hall–Kier alpha value is -3.06. The van der Waals surface area contributed by atoms with Crippen molar-refractivity contribution in [3.8, 4) is 17.1 Å². The fourth-order valence-corrected chi connectivity index (χ4v) is 3.59. The number of nitrogens with one attached hydrogen (secondary N) is 1. The zero-order valence-electron chi connectivity index (χ0n) is 16.5. The fourth-order valence-electron chi connectivity index (χ4n) is 3.59. The lowest BCUT2D eigenvalue weighted by atomic mass is 10.0. The second-order valence-corrected chi connectivity index (χ2v) is 6.74. The molecular formula is C22H23FN2O4. The summed E-state index contributed by atoms with van der Waals surface area (Å²) in [6.45, 7) is 5.21. The molecule has 7 heteroatoms. The molecule has 1 saturated heterocycles. The largest absolute Gasteiger partial charge is 0.492 e. The highest BCUT2D eigenvalue weighted by atomic mass is 19.1. The molecule has 2 aromatic carbocycles. The van der Waals surface area contributed by atoms with Crippen LogP contribution >= 0.6 is 0 Å². The number of ether oxygens (including phenoxy) is 2. The Morgan fingerprint density at radius 2 is 1.93 bits per heavy atom. The normalized spacial score (nSPS) is 14.2. The van der Waals surface area contributed by atoms with Crippen LogP contribution in [0.1, 0.15) is 17.3 Å². The molecule has 1 aliphatic rings. The molecule has 1 aromatic heterocycles. The van der Waals surface area contributed by atoms with Crippen LogP contribution in [0.5, 0.6) is 5.75 Å². The van der Waals surface area contributed by atoms with Crippen molar-refractivity contribution in [1.29, 1.82) is 0 Å². The van der Waals surface area contributed by atoms with Crippen LogP contribution in [0.2, 0.25) is 0 Å². The van der Waals surface area contributed by atoms with E-state index < -0.39 is 0 Å². The zero-order chi connectivity index (χ0) is 20.4. The van der Waals surface area contributed by atoms with Gasteiger partial charge in [0.1, 0.15) is 22.9 Å². The van der Waals surface area contributed by atoms with Gasteiger partial charge in [-0.25, -0.2) is 4.39 Å². The van der Waals surface area contributed by atoms with Gasteiger partial charge in [-0.05, 0) is 37.3 Å². The summed E-state index contributed by atoms with van der Waals surface area (Å²) < 4.78 is 30.9. The number of halogens is 1. The summed E-state index contributed by atoms with van der Waals surface area (Å²) in [5, 5.41) is 3.33. The van der Waals surface area contributed by atoms with Crippen molar-refractivity contribution < 1.29 is 23.1 Å². The van der Waals surface area contributed by atoms with Gasteiger partial charge in [-0.3, -0.25) is 4.79 Å². The molecule has 0 radical (unpaired) electrons. The maximum Gasteiger partial charge on any atom is 0.255 e. The second kappa shape index (κ2) is 8.13. The van der Waals surface area contributed by atoms with Gasteiger partial charge in [-0.1, -0.05) is 0 Å². The molecule has 2 heterocycles. The molecule has 6 nitrogen and oxygen atoms in total. The molecule has 29 heavy (non-hydrogen) atoms. The highest BCUT2D eigenvalue weighted by molar-refractivity contribution is 6.12. The summed E-state index contributed by atoms with van der Waals surface area (Å²) in [4.78, 5) is 14.9. The van der Waals surface area contributed by atoms with Gasteiger partial charge in [0, 0.05) is 37.2 Å². The number of morpholine rings is 1. The number of anilines is 1. The maximum absolute atomic E-state index is 13.4. The molecule has 0 unspecified atom stereocenters. The summed E-state index contributed by atoms with van der Waals surface area (Å²) in [6, 6.07) is 9.66. The molecular weight excluding hydrogens is 375 g/mol. The van der Waals surface area contributed by atoms with E-state index in [-0.39, 0.29) is 11.7 Å². The number of benzene rings is 2. The number of hydrogen-bond donors (Lipinski definition) is 1. The molecule has 0 spiro atoms. The predicted octanol–water partition coefficient (Wildman–Crippen LogP) is 3.83. The van der Waals surface area contributed by atoms with Crippen LogP contribution < -0.4 is 15.0 Å². The van der Waals surface area contributed by atoms with Crippen LogP contribution in [0.4, 0.5) is 10.1 Å². The van der Waals surface area contributed by atoms with Crippen molar-refractivity contribution in [1.82, 2.24) is 5.32 Å². The Morgan fingerprint density at radius 3 is 2.59 bits per heavy atom. The van der Waals surface area contributed by atoms with Gasteiger partial charge in [-0.15, -0.1) is 0 Å². The number of fused-ring (bicyclic) bond motifs is 1. The maximum atomic E-state index is 13.4. The Morgan fingerprint density at radius 1 is 1.21 bits per heavy atom. The lowest BCUT2D eigenvalue weighted by Crippen LogP contribution is -2.36. The standard InChI is InChI=1S/C22H23FN2O4/c1-3-28-19-12-16-18(13-17(19)25-8-10-27-11-9-25)29-21(20(16)22(26)24-2)14-4-6-15(23)7-5-14/h4-7,12-13H,3,8-11H2,1-2H3,(H,24,26). The summed E-state index contributed by atoms with van der Waals surface area (Å²) in [7, 11) is 1.57. The monoisotopic (exact) mass is 398 g/mol. The van der Waals surface area contributed by atoms with Crippen LogP contribution in [0.15, 0.2) is 40.8 Å². The molecule has 152 valence electrons. The summed E-state index contributed by atoms with van der Waals surface area (Å²) in [5.74, 6) is 0.476. The number of carbonyl (C=O) groups is 1. The van der Waals surface area contributed by atoms with E-state index in [1.54, 1.807) is 19.2 Å². The molecule has 0 atom stereocenters. The van der Waals surface area contributed by atoms with Crippen LogP contribution in [0.25, 0.3) is 22.3 Å². The molecule has 0 aliphatic carbocycles. The highest BCUT2D eigenvalue weighted by Crippen LogP contribution is 2.40. The number of rotatable bonds is 5. The topological polar surface area (TPSA) is 63.9 Å². The number of nitrogens with zero attached hydrogens (tertiary/aromatic N) is 1. The average molecular weight is 398 g/mol. The van der Waals surface area contributed by atoms with Gasteiger partial charge < -0.3 is 24.1 Å². The van der Waals surface area contributed by atoms with Crippen LogP contribution in [0, 0.1) is 5.82 Å². The Kier molecular flexibility index (Phi) is 5.40. The number of hydrogen-bond acceptors (Lipinski definition) is 5. The number of furan rings is 1. The van der Waals surface area contributed by atoms with E-state index in [1.165, 1.54) is 12.1 Å². The van der Waals surface area contributed by atoms with Gasteiger partial charge in [-0.2, -0.15) is 0 Å². The van der Waals surface area contributed by atoms with E-state index >= 15 is 0 Å². The van der Waals surface area contributed by atoms with Crippen molar-refractivity contribution in [2.45, 2.75) is 6.92 Å². The third-order valence-electron chi connectivity index (χ3n) is 4.98. The predicted molar refractivity (Wildman–Crippen MR) is 109 cm³/mol. The Bertz CT molecular complexity index is 1020. The molecule has 0 bridgehead atoms. The molecule has 1 amide bonds. The molecule has 4 rings (SSSR count). The van der Waals surface area contributed by atoms with Gasteiger partial charge >= 0.3 is 0 Å². The lowest BCUT2D eigenvalue weighted by Gasteiger charge is -2.30. The first-order chi connectivity index (χ1) is 14.1. The van der Waals surface area contributed by atoms with E-state index in [0.29, 0.717) is 53.4 Å². The SMILES string of the molecule is CCOc1cc2c(C(=O)NC)c(-c3ccc(F)cc3)oc2cc1N1CCOCC1. The Labute approximate surface area is 168 Å². The van der Waals surface area contributed by atoms with Gasteiger partial charge in [0.2, 0.25) is 0 Å². The zero-order valence-corrected chi connectivity index (χ0v) is 16.5. The fraction of sp³-hybridized carbons (Fsp3) is 0.318. The van der Waals surface area contributed by atoms with E-state index in [2.05, 4.69) is 10.2 Å². The van der Waals surface area contributed by atoms with Crippen molar-refractivity contribution in [2.75, 3.05) is 44.9 Å². The minimum absolute atomic E-state index is 0.273. The highest BCUT2D eigenvalue weighted by Gasteiger charge is 2.25. The van der Waals surface area contributed by atoms with Gasteiger partial charge in [0.25, 0.3) is 5.91 Å². The van der Waals surface area contributed by atoms with E-state index in [0.717, 1.165) is 18.8 Å². The molecule has 1 N–H and O–H groups in total. The third kappa shape index (κ3) is 3.65. The third-order valence-corrected chi connectivity index (χ3v) is 4.98. The molecule has 3 aromatic rings. The average Bonchev–Trinajstić information content (AvgIpc) is 3.12. The first kappa shape index (κ1) is 19.3. The van der Waals surface area contributed by atoms with Crippen LogP contribution in [-0.4, -0.2) is 45.9 Å². The first-order valence-corrected chi connectivity index (χ1v) is 9.66. The summed E-state index contributed by atoms with van der Waals surface area (Å²) in [5.41, 5.74) is 2.52. The van der Waals surface area contributed by atoms with Crippen LogP contribution in [-0.2, 0) is 4.74 Å². The van der Waals surface area contributed by atoms with Crippen molar-refractivity contribution in [2.24, 2.45) is 0 Å².